The third kappa shape index (κ3) is 4.53. The zero-order valence-corrected chi connectivity index (χ0v) is 13.5. The normalized spacial score (nSPS) is 12.2. The number of hydrogen-bond acceptors (Lipinski definition) is 5. The second-order valence-corrected chi connectivity index (χ2v) is 6.15. The Morgan fingerprint density at radius 1 is 1.32 bits per heavy atom. The summed E-state index contributed by atoms with van der Waals surface area (Å²) in [6.45, 7) is 6.24. The fourth-order valence-electron chi connectivity index (χ4n) is 1.62. The highest BCUT2D eigenvalue weighted by atomic mass is 19.1. The molecule has 1 aromatic rings. The smallest absolute Gasteiger partial charge is 0.469 e. The van der Waals surface area contributed by atoms with Gasteiger partial charge in [-0.2, -0.15) is 0 Å². The molecule has 0 atom stereocenters. The van der Waals surface area contributed by atoms with Crippen molar-refractivity contribution in [2.45, 2.75) is 45.3 Å². The highest BCUT2D eigenvalue weighted by Gasteiger charge is 2.40. The molecule has 1 rings (SSSR count). The van der Waals surface area contributed by atoms with Crippen LogP contribution in [0.5, 0.6) is 0 Å². The van der Waals surface area contributed by atoms with E-state index in [4.69, 9.17) is 4.65 Å². The van der Waals surface area contributed by atoms with Crippen LogP contribution in [0, 0.1) is 5.82 Å². The van der Waals surface area contributed by atoms with Gasteiger partial charge in [0.25, 0.3) is 0 Å². The maximum atomic E-state index is 13.9. The van der Waals surface area contributed by atoms with Crippen LogP contribution in [0.4, 0.5) is 4.39 Å². The van der Waals surface area contributed by atoms with Crippen molar-refractivity contribution < 1.29 is 28.7 Å². The monoisotopic (exact) mass is 312 g/mol. The third-order valence-electron chi connectivity index (χ3n) is 3.78. The van der Waals surface area contributed by atoms with E-state index in [-0.39, 0.29) is 11.9 Å². The lowest BCUT2D eigenvalue weighted by Gasteiger charge is -2.38. The van der Waals surface area contributed by atoms with Crippen molar-refractivity contribution in [3.8, 4) is 0 Å². The van der Waals surface area contributed by atoms with E-state index in [0.717, 1.165) is 6.07 Å². The fraction of sp³-hybridized carbons (Fsp3) is 0.533. The molecule has 0 aromatic heterocycles. The van der Waals surface area contributed by atoms with Crippen LogP contribution in [0.2, 0.25) is 0 Å². The van der Waals surface area contributed by atoms with E-state index in [2.05, 4.69) is 4.74 Å². The van der Waals surface area contributed by atoms with E-state index in [1.165, 1.54) is 33.1 Å². The molecule has 7 heteroatoms. The van der Waals surface area contributed by atoms with Crippen LogP contribution in [0.25, 0.3) is 0 Å². The first-order chi connectivity index (χ1) is 9.98. The van der Waals surface area contributed by atoms with Crippen LogP contribution in [0.1, 0.15) is 33.3 Å². The first kappa shape index (κ1) is 18.6. The first-order valence-electron chi connectivity index (χ1n) is 6.91. The average molecular weight is 312 g/mol. The van der Waals surface area contributed by atoms with Crippen molar-refractivity contribution in [2.75, 3.05) is 7.11 Å². The maximum Gasteiger partial charge on any atom is 0.494 e. The molecule has 0 heterocycles. The summed E-state index contributed by atoms with van der Waals surface area (Å²) < 4.78 is 23.8. The summed E-state index contributed by atoms with van der Waals surface area (Å²) in [5.74, 6) is -1.13. The van der Waals surface area contributed by atoms with Gasteiger partial charge in [0.15, 0.2) is 0 Å². The van der Waals surface area contributed by atoms with Gasteiger partial charge in [-0.1, -0.05) is 12.1 Å². The van der Waals surface area contributed by atoms with Crippen molar-refractivity contribution in [2.24, 2.45) is 0 Å². The number of benzene rings is 1. The number of halogens is 1. The molecule has 0 aliphatic rings. The highest BCUT2D eigenvalue weighted by Crippen LogP contribution is 2.25. The topological polar surface area (TPSA) is 76.0 Å². The number of carbonyl (C=O) groups is 1. The van der Waals surface area contributed by atoms with Gasteiger partial charge in [0, 0.05) is 5.46 Å². The van der Waals surface area contributed by atoms with E-state index in [1.807, 2.05) is 0 Å². The van der Waals surface area contributed by atoms with Gasteiger partial charge in [-0.15, -0.1) is 0 Å². The molecule has 1 aromatic carbocycles. The molecule has 22 heavy (non-hydrogen) atoms. The number of ether oxygens (including phenoxy) is 1. The van der Waals surface area contributed by atoms with Crippen LogP contribution in [-0.4, -0.2) is 41.5 Å². The van der Waals surface area contributed by atoms with Gasteiger partial charge in [-0.05, 0) is 39.3 Å². The SMILES string of the molecule is COC(=O)Cc1ccc(F)c(B(O)OC(C)(C)C(C)(C)O)c1. The molecule has 0 fully saturated rings. The zero-order valence-electron chi connectivity index (χ0n) is 13.5. The predicted molar refractivity (Wildman–Crippen MR) is 81.2 cm³/mol. The predicted octanol–water partition coefficient (Wildman–Crippen LogP) is 0.795. The zero-order chi connectivity index (χ0) is 17.1. The Labute approximate surface area is 130 Å². The Morgan fingerprint density at radius 3 is 2.41 bits per heavy atom. The number of esters is 1. The van der Waals surface area contributed by atoms with E-state index in [9.17, 15) is 19.3 Å². The number of rotatable bonds is 6. The summed E-state index contributed by atoms with van der Waals surface area (Å²) in [6.07, 6.45) is -0.0363. The molecule has 0 aliphatic carbocycles. The molecule has 122 valence electrons. The third-order valence-corrected chi connectivity index (χ3v) is 3.78. The van der Waals surface area contributed by atoms with Gasteiger partial charge < -0.3 is 19.5 Å². The first-order valence-corrected chi connectivity index (χ1v) is 6.91. The molecule has 0 bridgehead atoms. The average Bonchev–Trinajstić information content (AvgIpc) is 2.38. The molecule has 0 radical (unpaired) electrons. The van der Waals surface area contributed by atoms with Gasteiger partial charge >= 0.3 is 13.1 Å². The van der Waals surface area contributed by atoms with Crippen molar-refractivity contribution in [1.29, 1.82) is 0 Å². The van der Waals surface area contributed by atoms with Crippen LogP contribution < -0.4 is 5.46 Å². The van der Waals surface area contributed by atoms with Crippen LogP contribution in [0.3, 0.4) is 0 Å². The highest BCUT2D eigenvalue weighted by molar-refractivity contribution is 6.60. The van der Waals surface area contributed by atoms with E-state index < -0.39 is 30.1 Å². The molecular formula is C15H22BFO5. The van der Waals surface area contributed by atoms with Crippen molar-refractivity contribution >= 4 is 18.6 Å². The van der Waals surface area contributed by atoms with Gasteiger partial charge in [-0.3, -0.25) is 4.79 Å². The second-order valence-electron chi connectivity index (χ2n) is 6.15. The Morgan fingerprint density at radius 2 is 1.91 bits per heavy atom. The minimum atomic E-state index is -1.57. The Bertz CT molecular complexity index is 539. The molecule has 0 amide bonds. The maximum absolute atomic E-state index is 13.9. The number of carbonyl (C=O) groups excluding carboxylic acids is 1. The van der Waals surface area contributed by atoms with Crippen LogP contribution >= 0.6 is 0 Å². The summed E-state index contributed by atoms with van der Waals surface area (Å²) in [6, 6.07) is 3.93. The molecule has 2 N–H and O–H groups in total. The largest absolute Gasteiger partial charge is 0.494 e. The van der Waals surface area contributed by atoms with Gasteiger partial charge in [0.05, 0.1) is 24.7 Å². The van der Waals surface area contributed by atoms with E-state index in [0.29, 0.717) is 5.56 Å². The Hall–Kier alpha value is -1.44. The van der Waals surface area contributed by atoms with Gasteiger partial charge in [0.2, 0.25) is 0 Å². The number of aliphatic hydroxyl groups is 1. The molecule has 0 spiro atoms. The molecule has 5 nitrogen and oxygen atoms in total. The van der Waals surface area contributed by atoms with Crippen molar-refractivity contribution in [1.82, 2.24) is 0 Å². The summed E-state index contributed by atoms with van der Waals surface area (Å²) in [7, 11) is -0.310. The second kappa shape index (κ2) is 6.77. The summed E-state index contributed by atoms with van der Waals surface area (Å²) in [4.78, 5) is 11.3. The minimum Gasteiger partial charge on any atom is -0.469 e. The van der Waals surface area contributed by atoms with Gasteiger partial charge in [-0.25, -0.2) is 4.39 Å². The van der Waals surface area contributed by atoms with Crippen molar-refractivity contribution in [3.05, 3.63) is 29.6 Å². The van der Waals surface area contributed by atoms with Gasteiger partial charge in [0.1, 0.15) is 5.82 Å². The fourth-order valence-corrected chi connectivity index (χ4v) is 1.62. The van der Waals surface area contributed by atoms with Crippen LogP contribution in [-0.2, 0) is 20.6 Å². The van der Waals surface area contributed by atoms with Crippen LogP contribution in [0.15, 0.2) is 18.2 Å². The number of methoxy groups -OCH3 is 1. The molecule has 0 unspecified atom stereocenters. The summed E-state index contributed by atoms with van der Waals surface area (Å²) >= 11 is 0. The number of hydrogen-bond donors (Lipinski definition) is 2. The van der Waals surface area contributed by atoms with E-state index >= 15 is 0 Å². The Balaban J connectivity index is 3.00. The molecular weight excluding hydrogens is 290 g/mol. The lowest BCUT2D eigenvalue weighted by Crippen LogP contribution is -2.53. The summed E-state index contributed by atoms with van der Waals surface area (Å²) in [5.41, 5.74) is -1.96. The minimum absolute atomic E-state index is 0.0363. The van der Waals surface area contributed by atoms with Crippen molar-refractivity contribution in [3.63, 3.8) is 0 Å². The Kier molecular flexibility index (Phi) is 5.73. The lowest BCUT2D eigenvalue weighted by molar-refractivity contribution is -0.139. The lowest BCUT2D eigenvalue weighted by atomic mass is 9.75. The molecule has 0 saturated carbocycles. The van der Waals surface area contributed by atoms with E-state index in [1.54, 1.807) is 13.8 Å². The quantitative estimate of drug-likeness (QED) is 0.600. The standard InChI is InChI=1S/C15H22BFO5/c1-14(2,19)15(3,4)22-16(20)11-8-10(6-7-12(11)17)9-13(18)21-5/h6-8,19-20H,9H2,1-5H3. The molecule has 0 aliphatic heterocycles. The summed E-state index contributed by atoms with van der Waals surface area (Å²) in [5, 5.41) is 20.2. The molecule has 0 saturated heterocycles.